The highest BCUT2D eigenvalue weighted by Crippen LogP contribution is 2.44. The number of ether oxygens (including phenoxy) is 2. The molecular formula is C20H22FN3O5. The number of hydrogen-bond acceptors (Lipinski definition) is 6. The lowest BCUT2D eigenvalue weighted by molar-refractivity contribution is -0.00904. The molecule has 4 heterocycles. The molecule has 154 valence electrons. The molecule has 0 aliphatic carbocycles. The second-order valence-electron chi connectivity index (χ2n) is 8.10. The average Bonchev–Trinajstić information content (AvgIpc) is 3.10. The van der Waals surface area contributed by atoms with Gasteiger partial charge >= 0.3 is 5.97 Å². The second kappa shape index (κ2) is 6.43. The third kappa shape index (κ3) is 2.64. The number of fused-ring (bicyclic) bond motifs is 1. The van der Waals surface area contributed by atoms with Gasteiger partial charge in [-0.2, -0.15) is 0 Å². The summed E-state index contributed by atoms with van der Waals surface area (Å²) in [5, 5.41) is 9.71. The van der Waals surface area contributed by atoms with Crippen molar-refractivity contribution in [3.05, 3.63) is 33.9 Å². The molecule has 9 heteroatoms. The molecule has 5 rings (SSSR count). The van der Waals surface area contributed by atoms with Gasteiger partial charge in [-0.05, 0) is 25.5 Å². The molecule has 0 unspecified atom stereocenters. The standard InChI is InChI=1S/C20H22FN3O5/c1-9-8-29-18-16-10(4-11(20(26)27)19(25)24(9)16)5-13(21)17(18)23-6-12-14(22)2-3-28-15(12)7-23/h4-5,9,12,14-15H,2-3,6-8,22H2,1H3,(H,26,27)/t9-,12+,14+,15+/m0/s1. The third-order valence-electron chi connectivity index (χ3n) is 6.30. The predicted molar refractivity (Wildman–Crippen MR) is 103 cm³/mol. The number of halogens is 1. The first-order valence-corrected chi connectivity index (χ1v) is 9.76. The van der Waals surface area contributed by atoms with Crippen LogP contribution < -0.4 is 20.9 Å². The van der Waals surface area contributed by atoms with E-state index in [0.29, 0.717) is 30.6 Å². The van der Waals surface area contributed by atoms with Crippen LogP contribution in [0.1, 0.15) is 29.7 Å². The Morgan fingerprint density at radius 2 is 2.14 bits per heavy atom. The number of carboxylic acid groups (broad SMARTS) is 1. The maximum absolute atomic E-state index is 15.3. The Morgan fingerprint density at radius 3 is 2.86 bits per heavy atom. The summed E-state index contributed by atoms with van der Waals surface area (Å²) in [5.74, 6) is -1.47. The molecule has 0 amide bonds. The Morgan fingerprint density at radius 1 is 1.34 bits per heavy atom. The minimum atomic E-state index is -1.33. The minimum absolute atomic E-state index is 0.00382. The largest absolute Gasteiger partial charge is 0.487 e. The van der Waals surface area contributed by atoms with Crippen LogP contribution in [0.2, 0.25) is 0 Å². The van der Waals surface area contributed by atoms with E-state index in [2.05, 4.69) is 0 Å². The molecule has 29 heavy (non-hydrogen) atoms. The molecule has 4 atom stereocenters. The first-order chi connectivity index (χ1) is 13.9. The van der Waals surface area contributed by atoms with Crippen LogP contribution in [-0.2, 0) is 4.74 Å². The predicted octanol–water partition coefficient (Wildman–Crippen LogP) is 1.34. The molecule has 0 saturated carbocycles. The molecule has 2 saturated heterocycles. The van der Waals surface area contributed by atoms with Gasteiger partial charge < -0.3 is 25.2 Å². The van der Waals surface area contributed by atoms with Crippen molar-refractivity contribution in [1.29, 1.82) is 0 Å². The van der Waals surface area contributed by atoms with E-state index in [4.69, 9.17) is 15.2 Å². The molecule has 2 fully saturated rings. The quantitative estimate of drug-likeness (QED) is 0.779. The summed E-state index contributed by atoms with van der Waals surface area (Å²) in [6, 6.07) is 2.13. The zero-order chi connectivity index (χ0) is 20.4. The van der Waals surface area contributed by atoms with E-state index in [1.54, 1.807) is 6.92 Å². The fraction of sp³-hybridized carbons (Fsp3) is 0.500. The van der Waals surface area contributed by atoms with E-state index in [9.17, 15) is 14.7 Å². The van der Waals surface area contributed by atoms with Gasteiger partial charge in [0, 0.05) is 37.0 Å². The van der Waals surface area contributed by atoms with E-state index in [1.807, 2.05) is 4.90 Å². The third-order valence-corrected chi connectivity index (χ3v) is 6.30. The number of hydrogen-bond donors (Lipinski definition) is 2. The van der Waals surface area contributed by atoms with Crippen LogP contribution in [-0.4, -0.2) is 54.1 Å². The summed E-state index contributed by atoms with van der Waals surface area (Å²) in [7, 11) is 0. The van der Waals surface area contributed by atoms with E-state index >= 15 is 4.39 Å². The Labute approximate surface area is 165 Å². The lowest BCUT2D eigenvalue weighted by Crippen LogP contribution is -2.43. The number of nitrogens with zero attached hydrogens (tertiary/aromatic N) is 2. The average molecular weight is 403 g/mol. The van der Waals surface area contributed by atoms with Crippen molar-refractivity contribution < 1.29 is 23.8 Å². The summed E-state index contributed by atoms with van der Waals surface area (Å²) >= 11 is 0. The molecule has 2 aromatic rings. The van der Waals surface area contributed by atoms with Crippen LogP contribution >= 0.6 is 0 Å². The normalized spacial score (nSPS) is 28.3. The fourth-order valence-corrected chi connectivity index (χ4v) is 4.85. The van der Waals surface area contributed by atoms with Crippen LogP contribution in [0.5, 0.6) is 5.75 Å². The molecule has 1 aromatic carbocycles. The van der Waals surface area contributed by atoms with Gasteiger partial charge in [-0.3, -0.25) is 9.36 Å². The number of rotatable bonds is 2. The van der Waals surface area contributed by atoms with Crippen LogP contribution in [0.15, 0.2) is 16.9 Å². The van der Waals surface area contributed by atoms with E-state index in [0.717, 1.165) is 6.42 Å². The molecule has 0 bridgehead atoms. The molecule has 8 nitrogen and oxygen atoms in total. The number of carboxylic acids is 1. The smallest absolute Gasteiger partial charge is 0.341 e. The van der Waals surface area contributed by atoms with Gasteiger partial charge in [-0.1, -0.05) is 0 Å². The summed E-state index contributed by atoms with van der Waals surface area (Å²) in [5.41, 5.74) is 5.96. The Hall–Kier alpha value is -2.65. The molecule has 1 aromatic heterocycles. The Bertz CT molecular complexity index is 1080. The van der Waals surface area contributed by atoms with Crippen molar-refractivity contribution in [2.45, 2.75) is 31.5 Å². The lowest BCUT2D eigenvalue weighted by Gasteiger charge is -2.31. The minimum Gasteiger partial charge on any atom is -0.487 e. The van der Waals surface area contributed by atoms with Gasteiger partial charge in [-0.15, -0.1) is 0 Å². The van der Waals surface area contributed by atoms with Crippen LogP contribution in [0, 0.1) is 11.7 Å². The molecule has 3 N–H and O–H groups in total. The van der Waals surface area contributed by atoms with Crippen LogP contribution in [0.3, 0.4) is 0 Å². The molecule has 0 radical (unpaired) electrons. The van der Waals surface area contributed by atoms with Gasteiger partial charge in [0.1, 0.15) is 17.9 Å². The van der Waals surface area contributed by atoms with Gasteiger partial charge in [0.2, 0.25) is 0 Å². The van der Waals surface area contributed by atoms with Gasteiger partial charge in [0.15, 0.2) is 11.6 Å². The summed E-state index contributed by atoms with van der Waals surface area (Å²) in [4.78, 5) is 26.2. The van der Waals surface area contributed by atoms with Crippen molar-refractivity contribution in [1.82, 2.24) is 4.57 Å². The maximum atomic E-state index is 15.3. The summed E-state index contributed by atoms with van der Waals surface area (Å²) in [6.45, 7) is 3.55. The fourth-order valence-electron chi connectivity index (χ4n) is 4.85. The van der Waals surface area contributed by atoms with Gasteiger partial charge in [0.05, 0.1) is 17.7 Å². The number of nitrogens with two attached hydrogens (primary N) is 1. The van der Waals surface area contributed by atoms with Crippen LogP contribution in [0.4, 0.5) is 10.1 Å². The highest BCUT2D eigenvalue weighted by atomic mass is 19.1. The monoisotopic (exact) mass is 403 g/mol. The zero-order valence-electron chi connectivity index (χ0n) is 15.9. The number of carbonyl (C=O) groups is 1. The molecule has 3 aliphatic rings. The molecule has 3 aliphatic heterocycles. The Kier molecular flexibility index (Phi) is 4.08. The van der Waals surface area contributed by atoms with Gasteiger partial charge in [-0.25, -0.2) is 9.18 Å². The number of benzene rings is 1. The number of anilines is 1. The van der Waals surface area contributed by atoms with E-state index in [1.165, 1.54) is 16.7 Å². The van der Waals surface area contributed by atoms with Crippen molar-refractivity contribution in [3.8, 4) is 5.75 Å². The Balaban J connectivity index is 1.71. The van der Waals surface area contributed by atoms with E-state index in [-0.39, 0.29) is 47.7 Å². The second-order valence-corrected chi connectivity index (χ2v) is 8.10. The number of aromatic nitrogens is 1. The van der Waals surface area contributed by atoms with Crippen molar-refractivity contribution in [2.24, 2.45) is 11.7 Å². The van der Waals surface area contributed by atoms with Crippen molar-refractivity contribution >= 4 is 22.6 Å². The van der Waals surface area contributed by atoms with E-state index < -0.39 is 17.3 Å². The highest BCUT2D eigenvalue weighted by Gasteiger charge is 2.42. The summed E-state index contributed by atoms with van der Waals surface area (Å²) < 4.78 is 28.4. The molecular weight excluding hydrogens is 381 g/mol. The first kappa shape index (κ1) is 18.4. The lowest BCUT2D eigenvalue weighted by atomic mass is 9.93. The maximum Gasteiger partial charge on any atom is 0.341 e. The van der Waals surface area contributed by atoms with Crippen molar-refractivity contribution in [3.63, 3.8) is 0 Å². The zero-order valence-corrected chi connectivity index (χ0v) is 15.9. The SMILES string of the molecule is C[C@H]1COc2c(N3C[C@@H]4[C@H](N)CCO[C@@H]4C3)c(F)cc3cc(C(=O)O)c(=O)n1c23. The molecule has 0 spiro atoms. The van der Waals surface area contributed by atoms with Gasteiger partial charge in [0.25, 0.3) is 5.56 Å². The first-order valence-electron chi connectivity index (χ1n) is 9.76. The van der Waals surface area contributed by atoms with Crippen molar-refractivity contribution in [2.75, 3.05) is 31.2 Å². The number of pyridine rings is 1. The highest BCUT2D eigenvalue weighted by molar-refractivity contribution is 5.97. The number of aromatic carboxylic acids is 1. The van der Waals surface area contributed by atoms with Crippen LogP contribution in [0.25, 0.3) is 10.9 Å². The summed E-state index contributed by atoms with van der Waals surface area (Å²) in [6.07, 6.45) is 0.702. The topological polar surface area (TPSA) is 107 Å².